The van der Waals surface area contributed by atoms with Crippen LogP contribution in [0.25, 0.3) is 0 Å². The van der Waals surface area contributed by atoms with E-state index < -0.39 is 11.7 Å². The SMILES string of the molecule is Nc1ccc(F)c(C(=O)NCCO)c1. The van der Waals surface area contributed by atoms with E-state index in [1.807, 2.05) is 0 Å². The quantitative estimate of drug-likeness (QED) is 0.604. The summed E-state index contributed by atoms with van der Waals surface area (Å²) in [4.78, 5) is 11.3. The number of carbonyl (C=O) groups is 1. The van der Waals surface area contributed by atoms with Crippen molar-refractivity contribution >= 4 is 11.6 Å². The monoisotopic (exact) mass is 198 g/mol. The number of nitrogen functional groups attached to an aromatic ring is 1. The second-order valence-corrected chi connectivity index (χ2v) is 2.72. The van der Waals surface area contributed by atoms with Crippen LogP contribution in [0.5, 0.6) is 0 Å². The van der Waals surface area contributed by atoms with E-state index in [0.29, 0.717) is 5.69 Å². The molecule has 5 heteroatoms. The Labute approximate surface area is 80.5 Å². The van der Waals surface area contributed by atoms with Crippen LogP contribution in [0.3, 0.4) is 0 Å². The number of aliphatic hydroxyl groups is 1. The minimum atomic E-state index is -0.630. The van der Waals surface area contributed by atoms with Gasteiger partial charge in [-0.05, 0) is 18.2 Å². The van der Waals surface area contributed by atoms with E-state index in [9.17, 15) is 9.18 Å². The lowest BCUT2D eigenvalue weighted by atomic mass is 10.2. The van der Waals surface area contributed by atoms with E-state index in [4.69, 9.17) is 10.8 Å². The van der Waals surface area contributed by atoms with Crippen LogP contribution >= 0.6 is 0 Å². The van der Waals surface area contributed by atoms with Gasteiger partial charge in [-0.25, -0.2) is 4.39 Å². The van der Waals surface area contributed by atoms with Crippen LogP contribution in [-0.2, 0) is 0 Å². The molecule has 0 aliphatic carbocycles. The van der Waals surface area contributed by atoms with Gasteiger partial charge in [0.2, 0.25) is 0 Å². The number of amides is 1. The van der Waals surface area contributed by atoms with Crippen molar-refractivity contribution < 1.29 is 14.3 Å². The first-order valence-corrected chi connectivity index (χ1v) is 4.09. The normalized spacial score (nSPS) is 9.86. The molecule has 1 amide bonds. The first-order valence-electron chi connectivity index (χ1n) is 4.09. The Morgan fingerprint density at radius 2 is 2.29 bits per heavy atom. The molecule has 0 saturated carbocycles. The summed E-state index contributed by atoms with van der Waals surface area (Å²) in [5.41, 5.74) is 5.61. The topological polar surface area (TPSA) is 75.4 Å². The number of hydrogen-bond acceptors (Lipinski definition) is 3. The van der Waals surface area contributed by atoms with Gasteiger partial charge in [0.05, 0.1) is 12.2 Å². The number of rotatable bonds is 3. The van der Waals surface area contributed by atoms with E-state index in [2.05, 4.69) is 5.32 Å². The molecule has 0 aromatic heterocycles. The van der Waals surface area contributed by atoms with Gasteiger partial charge in [0, 0.05) is 12.2 Å². The van der Waals surface area contributed by atoms with Gasteiger partial charge < -0.3 is 16.2 Å². The second-order valence-electron chi connectivity index (χ2n) is 2.72. The molecule has 0 radical (unpaired) electrons. The average molecular weight is 198 g/mol. The summed E-state index contributed by atoms with van der Waals surface area (Å²) in [6.07, 6.45) is 0. The van der Waals surface area contributed by atoms with Crippen molar-refractivity contribution in [3.63, 3.8) is 0 Å². The molecule has 1 rings (SSSR count). The maximum atomic E-state index is 13.1. The molecule has 0 unspecified atom stereocenters. The molecule has 4 nitrogen and oxygen atoms in total. The maximum absolute atomic E-state index is 13.1. The number of halogens is 1. The van der Waals surface area contributed by atoms with Crippen LogP contribution in [0, 0.1) is 5.82 Å². The Balaban J connectivity index is 2.83. The Morgan fingerprint density at radius 1 is 1.57 bits per heavy atom. The van der Waals surface area contributed by atoms with Gasteiger partial charge in [0.1, 0.15) is 5.82 Å². The van der Waals surface area contributed by atoms with Gasteiger partial charge in [-0.1, -0.05) is 0 Å². The molecular formula is C9H11FN2O2. The fourth-order valence-corrected chi connectivity index (χ4v) is 0.982. The predicted octanol–water partition coefficient (Wildman–Crippen LogP) is 0.130. The summed E-state index contributed by atoms with van der Waals surface area (Å²) in [6, 6.07) is 3.75. The van der Waals surface area contributed by atoms with E-state index >= 15 is 0 Å². The van der Waals surface area contributed by atoms with Gasteiger partial charge in [-0.3, -0.25) is 4.79 Å². The molecule has 1 aromatic rings. The molecular weight excluding hydrogens is 187 g/mol. The highest BCUT2D eigenvalue weighted by Gasteiger charge is 2.10. The van der Waals surface area contributed by atoms with Gasteiger partial charge in [-0.15, -0.1) is 0 Å². The first kappa shape index (κ1) is 10.5. The summed E-state index contributed by atoms with van der Waals surface area (Å²) in [6.45, 7) is -0.0945. The van der Waals surface area contributed by atoms with Gasteiger partial charge in [0.25, 0.3) is 5.91 Å². The fourth-order valence-electron chi connectivity index (χ4n) is 0.982. The summed E-state index contributed by atoms with van der Waals surface area (Å²) < 4.78 is 13.1. The highest BCUT2D eigenvalue weighted by molar-refractivity contribution is 5.95. The highest BCUT2D eigenvalue weighted by Crippen LogP contribution is 2.11. The number of carbonyl (C=O) groups excluding carboxylic acids is 1. The summed E-state index contributed by atoms with van der Waals surface area (Å²) in [5.74, 6) is -1.21. The van der Waals surface area contributed by atoms with Crippen molar-refractivity contribution in [3.05, 3.63) is 29.6 Å². The minimum absolute atomic E-state index is 0.0903. The largest absolute Gasteiger partial charge is 0.399 e. The van der Waals surface area contributed by atoms with Crippen LogP contribution < -0.4 is 11.1 Å². The number of benzene rings is 1. The number of nitrogens with one attached hydrogen (secondary N) is 1. The molecule has 0 atom stereocenters. The number of anilines is 1. The van der Waals surface area contributed by atoms with Crippen molar-refractivity contribution in [2.75, 3.05) is 18.9 Å². The standard InChI is InChI=1S/C9H11FN2O2/c10-8-2-1-6(11)5-7(8)9(14)12-3-4-13/h1-2,5,13H,3-4,11H2,(H,12,14). The summed E-state index contributed by atoms with van der Waals surface area (Å²) >= 11 is 0. The predicted molar refractivity (Wildman–Crippen MR) is 50.2 cm³/mol. The second kappa shape index (κ2) is 4.57. The van der Waals surface area contributed by atoms with E-state index in [1.165, 1.54) is 12.1 Å². The first-order chi connectivity index (χ1) is 6.65. The fraction of sp³-hybridized carbons (Fsp3) is 0.222. The van der Waals surface area contributed by atoms with E-state index in [-0.39, 0.29) is 18.7 Å². The molecule has 0 spiro atoms. The molecule has 0 fully saturated rings. The number of hydrogen-bond donors (Lipinski definition) is 3. The van der Waals surface area contributed by atoms with Gasteiger partial charge in [-0.2, -0.15) is 0 Å². The van der Waals surface area contributed by atoms with Crippen LogP contribution in [0.4, 0.5) is 10.1 Å². The lowest BCUT2D eigenvalue weighted by Crippen LogP contribution is -2.27. The van der Waals surface area contributed by atoms with Crippen LogP contribution in [0.2, 0.25) is 0 Å². The Kier molecular flexibility index (Phi) is 3.41. The molecule has 14 heavy (non-hydrogen) atoms. The van der Waals surface area contributed by atoms with E-state index in [0.717, 1.165) is 6.07 Å². The maximum Gasteiger partial charge on any atom is 0.254 e. The number of aliphatic hydroxyl groups excluding tert-OH is 1. The number of nitrogens with two attached hydrogens (primary N) is 1. The van der Waals surface area contributed by atoms with E-state index in [1.54, 1.807) is 0 Å². The third kappa shape index (κ3) is 2.43. The summed E-state index contributed by atoms with van der Waals surface area (Å²) in [7, 11) is 0. The molecule has 0 aliphatic rings. The van der Waals surface area contributed by atoms with Crippen LogP contribution in [-0.4, -0.2) is 24.2 Å². The Morgan fingerprint density at radius 3 is 2.93 bits per heavy atom. The molecule has 0 heterocycles. The summed E-state index contributed by atoms with van der Waals surface area (Å²) in [5, 5.41) is 10.8. The zero-order chi connectivity index (χ0) is 10.6. The lowest BCUT2D eigenvalue weighted by molar-refractivity contribution is 0.0941. The van der Waals surface area contributed by atoms with Gasteiger partial charge in [0.15, 0.2) is 0 Å². The molecule has 0 saturated heterocycles. The zero-order valence-electron chi connectivity index (χ0n) is 7.46. The molecule has 76 valence electrons. The third-order valence-corrected chi connectivity index (χ3v) is 1.63. The Bertz CT molecular complexity index is 342. The third-order valence-electron chi connectivity index (χ3n) is 1.63. The van der Waals surface area contributed by atoms with Crippen molar-refractivity contribution in [3.8, 4) is 0 Å². The molecule has 0 bridgehead atoms. The van der Waals surface area contributed by atoms with Gasteiger partial charge >= 0.3 is 0 Å². The van der Waals surface area contributed by atoms with Crippen molar-refractivity contribution in [2.24, 2.45) is 0 Å². The molecule has 1 aromatic carbocycles. The molecule has 4 N–H and O–H groups in total. The van der Waals surface area contributed by atoms with Crippen molar-refractivity contribution in [1.29, 1.82) is 0 Å². The van der Waals surface area contributed by atoms with Crippen LogP contribution in [0.15, 0.2) is 18.2 Å². The zero-order valence-corrected chi connectivity index (χ0v) is 7.46. The van der Waals surface area contributed by atoms with Crippen molar-refractivity contribution in [2.45, 2.75) is 0 Å². The average Bonchev–Trinajstić information content (AvgIpc) is 2.18. The smallest absolute Gasteiger partial charge is 0.254 e. The minimum Gasteiger partial charge on any atom is -0.399 e. The van der Waals surface area contributed by atoms with Crippen LogP contribution in [0.1, 0.15) is 10.4 Å². The van der Waals surface area contributed by atoms with Crippen molar-refractivity contribution in [1.82, 2.24) is 5.32 Å². The Hall–Kier alpha value is -1.62. The highest BCUT2D eigenvalue weighted by atomic mass is 19.1. The molecule has 0 aliphatic heterocycles. The lowest BCUT2D eigenvalue weighted by Gasteiger charge is -2.04.